The highest BCUT2D eigenvalue weighted by molar-refractivity contribution is 7.13. The van der Waals surface area contributed by atoms with Crippen molar-refractivity contribution < 1.29 is 29.4 Å². The third kappa shape index (κ3) is 10.9. The maximum absolute atomic E-state index is 13.8. The minimum atomic E-state index is -0.847. The molecule has 0 radical (unpaired) electrons. The summed E-state index contributed by atoms with van der Waals surface area (Å²) in [7, 11) is 0. The second-order valence-corrected chi connectivity index (χ2v) is 14.1. The molecule has 45 heavy (non-hydrogen) atoms. The van der Waals surface area contributed by atoms with E-state index in [1.807, 2.05) is 64.4 Å². The van der Waals surface area contributed by atoms with E-state index in [-0.39, 0.29) is 43.1 Å². The van der Waals surface area contributed by atoms with E-state index in [9.17, 15) is 24.3 Å². The fourth-order valence-corrected chi connectivity index (χ4v) is 6.51. The van der Waals surface area contributed by atoms with Gasteiger partial charge in [0.25, 0.3) is 0 Å². The number of carboxylic acid groups (broad SMARTS) is 1. The van der Waals surface area contributed by atoms with Crippen LogP contribution in [0.5, 0.6) is 0 Å². The van der Waals surface area contributed by atoms with Gasteiger partial charge in [0.2, 0.25) is 17.7 Å². The lowest BCUT2D eigenvalue weighted by molar-refractivity contribution is -0.144. The van der Waals surface area contributed by atoms with E-state index in [1.165, 1.54) is 4.90 Å². The molecule has 3 amide bonds. The number of carbonyl (C=O) groups is 4. The lowest BCUT2D eigenvalue weighted by Crippen LogP contribution is -2.57. The van der Waals surface area contributed by atoms with Gasteiger partial charge in [-0.2, -0.15) is 0 Å². The number of thiazole rings is 1. The summed E-state index contributed by atoms with van der Waals surface area (Å²) in [5.41, 5.74) is 4.17. The number of rotatable bonds is 16. The van der Waals surface area contributed by atoms with Crippen LogP contribution in [0.4, 0.5) is 0 Å². The van der Waals surface area contributed by atoms with Gasteiger partial charge in [-0.3, -0.25) is 19.2 Å². The fraction of sp³-hybridized carbons (Fsp3) is 0.618. The van der Waals surface area contributed by atoms with Crippen molar-refractivity contribution in [2.45, 2.75) is 123 Å². The summed E-state index contributed by atoms with van der Waals surface area (Å²) in [5, 5.41) is 25.2. The molecule has 1 aliphatic heterocycles. The molecule has 10 nitrogen and oxygen atoms in total. The van der Waals surface area contributed by atoms with Crippen LogP contribution < -0.4 is 10.6 Å². The lowest BCUT2D eigenvalue weighted by atomic mass is 9.85. The average Bonchev–Trinajstić information content (AvgIpc) is 3.59. The molecule has 0 bridgehead atoms. The molecule has 2 unspecified atom stereocenters. The maximum Gasteiger partial charge on any atom is 0.303 e. The van der Waals surface area contributed by atoms with Crippen molar-refractivity contribution in [1.82, 2.24) is 20.5 Å². The zero-order chi connectivity index (χ0) is 33.1. The number of nitrogens with one attached hydrogen (secondary N) is 2. The lowest BCUT2D eigenvalue weighted by Gasteiger charge is -2.35. The Morgan fingerprint density at radius 3 is 2.13 bits per heavy atom. The Hall–Kier alpha value is -3.31. The van der Waals surface area contributed by atoms with Crippen molar-refractivity contribution in [3.05, 3.63) is 41.0 Å². The topological polar surface area (TPSA) is 149 Å². The summed E-state index contributed by atoms with van der Waals surface area (Å²) in [6.07, 6.45) is 5.92. The number of aliphatic carboxylic acids is 1. The van der Waals surface area contributed by atoms with Gasteiger partial charge in [0, 0.05) is 25.8 Å². The highest BCUT2D eigenvalue weighted by atomic mass is 32.1. The molecule has 1 aromatic heterocycles. The van der Waals surface area contributed by atoms with Crippen molar-refractivity contribution in [2.24, 2.45) is 5.41 Å². The summed E-state index contributed by atoms with van der Waals surface area (Å²) < 4.78 is 0. The average molecular weight is 643 g/mol. The maximum atomic E-state index is 13.8. The third-order valence-electron chi connectivity index (χ3n) is 8.35. The normalized spacial score (nSPS) is 18.0. The van der Waals surface area contributed by atoms with Crippen LogP contribution in [0, 0.1) is 12.3 Å². The van der Waals surface area contributed by atoms with E-state index in [1.54, 1.807) is 11.3 Å². The number of hydrogen-bond donors (Lipinski definition) is 4. The van der Waals surface area contributed by atoms with Crippen LogP contribution in [-0.4, -0.2) is 68.5 Å². The number of unbranched alkanes of at least 4 members (excludes halogenated alkanes) is 6. The molecular formula is C34H50N4O6S. The summed E-state index contributed by atoms with van der Waals surface area (Å²) in [6, 6.07) is 5.96. The quantitative estimate of drug-likeness (QED) is 0.180. The minimum Gasteiger partial charge on any atom is -0.481 e. The SMILES string of the molecule is Cc1ncsc1-c1ccc(C(C)NC(=O)[C@@H]2C[C@@H](O)CN2C(=O)C(NC(=O)CCCCCCCCCC(=O)O)C(C)(C)C)cc1. The van der Waals surface area contributed by atoms with E-state index in [4.69, 9.17) is 5.11 Å². The largest absolute Gasteiger partial charge is 0.481 e. The number of aliphatic hydroxyl groups excluding tert-OH is 1. The van der Waals surface area contributed by atoms with E-state index in [0.29, 0.717) is 19.3 Å². The van der Waals surface area contributed by atoms with Crippen LogP contribution in [0.1, 0.15) is 109 Å². The highest BCUT2D eigenvalue weighted by Gasteiger charge is 2.44. The first-order chi connectivity index (χ1) is 21.3. The molecule has 1 saturated heterocycles. The number of carbonyl (C=O) groups excluding carboxylic acids is 3. The van der Waals surface area contributed by atoms with E-state index < -0.39 is 29.6 Å². The van der Waals surface area contributed by atoms with Crippen LogP contribution in [-0.2, 0) is 19.2 Å². The second kappa shape index (κ2) is 16.8. The number of aryl methyl sites for hydroxylation is 1. The standard InChI is InChI=1S/C34H50N4O6S/c1-22(24-15-17-25(18-16-24)30-23(2)35-21-45-30)36-32(43)27-19-26(39)20-38(27)33(44)31(34(3,4)5)37-28(40)13-11-9-7-6-8-10-12-14-29(41)42/h15-18,21-22,26-27,31,39H,6-14,19-20H2,1-5H3,(H,36,43)(H,37,40)(H,41,42)/t22?,26-,27+,31?/m1/s1. The zero-order valence-electron chi connectivity index (χ0n) is 27.3. The minimum absolute atomic E-state index is 0.0309. The first-order valence-electron chi connectivity index (χ1n) is 16.1. The molecule has 2 aromatic rings. The van der Waals surface area contributed by atoms with Gasteiger partial charge in [0.15, 0.2) is 0 Å². The van der Waals surface area contributed by atoms with Gasteiger partial charge in [-0.05, 0) is 43.2 Å². The van der Waals surface area contributed by atoms with Crippen LogP contribution in [0.15, 0.2) is 29.8 Å². The van der Waals surface area contributed by atoms with Crippen LogP contribution in [0.25, 0.3) is 10.4 Å². The Labute approximate surface area is 271 Å². The Morgan fingerprint density at radius 2 is 1.58 bits per heavy atom. The van der Waals surface area contributed by atoms with Crippen molar-refractivity contribution in [2.75, 3.05) is 6.54 Å². The predicted octanol–water partition coefficient (Wildman–Crippen LogP) is 5.38. The third-order valence-corrected chi connectivity index (χ3v) is 9.33. The first-order valence-corrected chi connectivity index (χ1v) is 17.0. The summed E-state index contributed by atoms with van der Waals surface area (Å²) in [4.78, 5) is 57.6. The van der Waals surface area contributed by atoms with Crippen LogP contribution >= 0.6 is 11.3 Å². The van der Waals surface area contributed by atoms with Crippen LogP contribution in [0.3, 0.4) is 0 Å². The van der Waals surface area contributed by atoms with Gasteiger partial charge in [0.1, 0.15) is 12.1 Å². The number of aromatic nitrogens is 1. The molecule has 1 aromatic carbocycles. The first kappa shape index (κ1) is 36.2. The molecular weight excluding hydrogens is 592 g/mol. The Balaban J connectivity index is 1.54. The summed E-state index contributed by atoms with van der Waals surface area (Å²) >= 11 is 1.58. The van der Waals surface area contributed by atoms with Crippen LogP contribution in [0.2, 0.25) is 0 Å². The van der Waals surface area contributed by atoms with Gasteiger partial charge in [0.05, 0.1) is 28.2 Å². The Kier molecular flexibility index (Phi) is 13.5. The van der Waals surface area contributed by atoms with Gasteiger partial charge in [-0.1, -0.05) is 77.1 Å². The van der Waals surface area contributed by atoms with Crippen molar-refractivity contribution in [3.8, 4) is 10.4 Å². The predicted molar refractivity (Wildman–Crippen MR) is 176 cm³/mol. The molecule has 4 N–H and O–H groups in total. The van der Waals surface area contributed by atoms with Gasteiger partial charge in [-0.15, -0.1) is 11.3 Å². The molecule has 0 spiro atoms. The van der Waals surface area contributed by atoms with Crippen molar-refractivity contribution >= 4 is 35.0 Å². The summed E-state index contributed by atoms with van der Waals surface area (Å²) in [5.74, 6) is -1.68. The smallest absolute Gasteiger partial charge is 0.303 e. The number of benzene rings is 1. The molecule has 0 saturated carbocycles. The molecule has 4 atom stereocenters. The number of hydrogen-bond acceptors (Lipinski definition) is 7. The number of aliphatic hydroxyl groups is 1. The molecule has 1 aliphatic rings. The van der Waals surface area contributed by atoms with Gasteiger partial charge >= 0.3 is 5.97 Å². The number of likely N-dealkylation sites (tertiary alicyclic amines) is 1. The molecule has 2 heterocycles. The van der Waals surface area contributed by atoms with E-state index in [0.717, 1.165) is 53.8 Å². The molecule has 1 fully saturated rings. The van der Waals surface area contributed by atoms with Crippen molar-refractivity contribution in [1.29, 1.82) is 0 Å². The fourth-order valence-electron chi connectivity index (χ4n) is 5.69. The number of amides is 3. The molecule has 0 aliphatic carbocycles. The number of carboxylic acids is 1. The molecule has 3 rings (SSSR count). The Morgan fingerprint density at radius 1 is 0.978 bits per heavy atom. The number of nitrogens with zero attached hydrogens (tertiary/aromatic N) is 2. The molecule has 11 heteroatoms. The zero-order valence-corrected chi connectivity index (χ0v) is 28.1. The van der Waals surface area contributed by atoms with Crippen molar-refractivity contribution in [3.63, 3.8) is 0 Å². The van der Waals surface area contributed by atoms with E-state index in [2.05, 4.69) is 15.6 Å². The van der Waals surface area contributed by atoms with Gasteiger partial charge in [-0.25, -0.2) is 4.98 Å². The van der Waals surface area contributed by atoms with E-state index >= 15 is 0 Å². The summed E-state index contributed by atoms with van der Waals surface area (Å²) in [6.45, 7) is 9.52. The molecule has 248 valence electrons. The monoisotopic (exact) mass is 642 g/mol. The second-order valence-electron chi connectivity index (χ2n) is 13.3. The Bertz CT molecular complexity index is 1290. The highest BCUT2D eigenvalue weighted by Crippen LogP contribution is 2.29. The van der Waals surface area contributed by atoms with Gasteiger partial charge < -0.3 is 25.7 Å². The number of β-amino-alcohol motifs (C(OH)–C–C–N with tert-alkyl or cyclic N) is 1.